The summed E-state index contributed by atoms with van der Waals surface area (Å²) in [6.07, 6.45) is 4.29. The summed E-state index contributed by atoms with van der Waals surface area (Å²) < 4.78 is 28.7. The molecule has 1 aliphatic carbocycles. The number of rotatable bonds is 7. The zero-order chi connectivity index (χ0) is 27.0. The fraction of sp³-hybridized carbons (Fsp3) is 0.250. The van der Waals surface area contributed by atoms with Crippen molar-refractivity contribution in [2.75, 3.05) is 13.1 Å². The molecule has 0 bridgehead atoms. The second-order valence-corrected chi connectivity index (χ2v) is 11.9. The van der Waals surface area contributed by atoms with E-state index >= 15 is 0 Å². The molecular weight excluding hydrogens is 520 g/mol. The lowest BCUT2D eigenvalue weighted by Crippen LogP contribution is -2.30. The molecule has 5 rings (SSSR count). The number of thiophene rings is 1. The number of benzene rings is 2. The van der Waals surface area contributed by atoms with Crippen molar-refractivity contribution in [3.05, 3.63) is 80.5 Å². The average molecular weight is 547 g/mol. The summed E-state index contributed by atoms with van der Waals surface area (Å²) in [5.74, 6) is -0.363. The number of fused-ring (bicyclic) bond motifs is 2. The average Bonchev–Trinajstić information content (AvgIpc) is 3.50. The predicted octanol–water partition coefficient (Wildman–Crippen LogP) is 4.90. The van der Waals surface area contributed by atoms with Crippen molar-refractivity contribution in [2.45, 2.75) is 38.0 Å². The minimum Gasteiger partial charge on any atom is -0.494 e. The Bertz CT molecular complexity index is 1790. The summed E-state index contributed by atoms with van der Waals surface area (Å²) in [7, 11) is -3.78. The van der Waals surface area contributed by atoms with E-state index in [1.165, 1.54) is 38.9 Å². The molecule has 194 valence electrons. The molecule has 8 nitrogen and oxygen atoms in total. The Kier molecular flexibility index (Phi) is 6.92. The molecular formula is C28H26N4O4S2. The quantitative estimate of drug-likeness (QED) is 0.331. The van der Waals surface area contributed by atoms with Crippen LogP contribution in [0.3, 0.4) is 0 Å². The minimum atomic E-state index is -3.78. The van der Waals surface area contributed by atoms with Crippen LogP contribution in [-0.4, -0.2) is 41.7 Å². The van der Waals surface area contributed by atoms with E-state index in [2.05, 4.69) is 11.1 Å². The molecule has 38 heavy (non-hydrogen) atoms. The minimum absolute atomic E-state index is 0.0279. The van der Waals surface area contributed by atoms with Crippen LogP contribution in [0, 0.1) is 11.3 Å². The van der Waals surface area contributed by atoms with Crippen LogP contribution in [0.4, 0.5) is 5.00 Å². The molecule has 0 radical (unpaired) electrons. The number of hydrogen-bond donors (Lipinski definition) is 1. The zero-order valence-electron chi connectivity index (χ0n) is 21.0. The van der Waals surface area contributed by atoms with Gasteiger partial charge in [-0.15, -0.1) is 11.3 Å². The first-order valence-electron chi connectivity index (χ1n) is 12.4. The van der Waals surface area contributed by atoms with Gasteiger partial charge in [-0.1, -0.05) is 38.1 Å². The van der Waals surface area contributed by atoms with Gasteiger partial charge in [-0.3, -0.25) is 4.79 Å². The van der Waals surface area contributed by atoms with E-state index in [1.54, 1.807) is 50.2 Å². The highest BCUT2D eigenvalue weighted by molar-refractivity contribution is 7.89. The van der Waals surface area contributed by atoms with Crippen LogP contribution in [0.5, 0.6) is 5.88 Å². The fourth-order valence-corrected chi connectivity index (χ4v) is 7.63. The molecule has 0 saturated heterocycles. The van der Waals surface area contributed by atoms with Crippen molar-refractivity contribution < 1.29 is 13.5 Å². The van der Waals surface area contributed by atoms with Gasteiger partial charge in [0.25, 0.3) is 5.56 Å². The van der Waals surface area contributed by atoms with Crippen LogP contribution in [0.1, 0.15) is 41.8 Å². The SMILES string of the molecule is CCN(CC)S(=O)(=O)c1cccc(-n2c(O)c(/C=N/c3sc4c(c3C#N)CCC4)c3ccccc3c2=O)c1. The maximum absolute atomic E-state index is 13.5. The summed E-state index contributed by atoms with van der Waals surface area (Å²) in [6, 6.07) is 15.1. The van der Waals surface area contributed by atoms with E-state index in [4.69, 9.17) is 0 Å². The van der Waals surface area contributed by atoms with Gasteiger partial charge in [0.05, 0.1) is 21.7 Å². The van der Waals surface area contributed by atoms with Gasteiger partial charge in [0.2, 0.25) is 15.9 Å². The third-order valence-corrected chi connectivity index (χ3v) is 10.1. The Morgan fingerprint density at radius 1 is 1.13 bits per heavy atom. The van der Waals surface area contributed by atoms with Crippen molar-refractivity contribution >= 4 is 43.3 Å². The third kappa shape index (κ3) is 4.22. The molecule has 2 heterocycles. The lowest BCUT2D eigenvalue weighted by atomic mass is 10.1. The molecule has 1 aliphatic rings. The second kappa shape index (κ2) is 10.2. The number of sulfonamides is 1. The van der Waals surface area contributed by atoms with Gasteiger partial charge >= 0.3 is 0 Å². The predicted molar refractivity (Wildman–Crippen MR) is 150 cm³/mol. The van der Waals surface area contributed by atoms with E-state index < -0.39 is 15.6 Å². The number of hydrogen-bond acceptors (Lipinski definition) is 7. The number of aromatic hydroxyl groups is 1. The van der Waals surface area contributed by atoms with Gasteiger partial charge in [0.15, 0.2) is 0 Å². The first-order chi connectivity index (χ1) is 18.3. The van der Waals surface area contributed by atoms with Gasteiger partial charge in [-0.2, -0.15) is 9.57 Å². The van der Waals surface area contributed by atoms with Crippen molar-refractivity contribution in [3.8, 4) is 17.6 Å². The van der Waals surface area contributed by atoms with Gasteiger partial charge in [0, 0.05) is 35.0 Å². The summed E-state index contributed by atoms with van der Waals surface area (Å²) in [4.78, 5) is 19.3. The van der Waals surface area contributed by atoms with E-state index in [0.717, 1.165) is 29.4 Å². The largest absolute Gasteiger partial charge is 0.494 e. The molecule has 2 aromatic heterocycles. The van der Waals surface area contributed by atoms with Crippen LogP contribution in [0.25, 0.3) is 16.5 Å². The van der Waals surface area contributed by atoms with Crippen LogP contribution in [0.15, 0.2) is 63.2 Å². The number of aromatic nitrogens is 1. The van der Waals surface area contributed by atoms with Crippen molar-refractivity contribution in [3.63, 3.8) is 0 Å². The number of nitrogens with zero attached hydrogens (tertiary/aromatic N) is 4. The van der Waals surface area contributed by atoms with E-state index in [-0.39, 0.29) is 16.5 Å². The molecule has 4 aromatic rings. The molecule has 0 saturated carbocycles. The van der Waals surface area contributed by atoms with Crippen molar-refractivity contribution in [2.24, 2.45) is 4.99 Å². The number of aryl methyl sites for hydroxylation is 1. The summed E-state index contributed by atoms with van der Waals surface area (Å²) in [5, 5.41) is 22.5. The lowest BCUT2D eigenvalue weighted by molar-refractivity contribution is 0.435. The molecule has 0 unspecified atom stereocenters. The first kappa shape index (κ1) is 25.9. The summed E-state index contributed by atoms with van der Waals surface area (Å²) in [6.45, 7) is 4.13. The maximum Gasteiger partial charge on any atom is 0.265 e. The number of pyridine rings is 1. The highest BCUT2D eigenvalue weighted by Crippen LogP contribution is 2.40. The van der Waals surface area contributed by atoms with Crippen LogP contribution in [0.2, 0.25) is 0 Å². The molecule has 10 heteroatoms. The Hall–Kier alpha value is -3.78. The van der Waals surface area contributed by atoms with Gasteiger partial charge in [-0.25, -0.2) is 18.0 Å². The summed E-state index contributed by atoms with van der Waals surface area (Å²) >= 11 is 1.48. The number of aliphatic imine (C=N–C) groups is 1. The lowest BCUT2D eigenvalue weighted by Gasteiger charge is -2.19. The molecule has 0 aliphatic heterocycles. The van der Waals surface area contributed by atoms with Crippen molar-refractivity contribution in [1.82, 2.24) is 8.87 Å². The van der Waals surface area contributed by atoms with Crippen LogP contribution >= 0.6 is 11.3 Å². The highest BCUT2D eigenvalue weighted by Gasteiger charge is 2.24. The highest BCUT2D eigenvalue weighted by atomic mass is 32.2. The normalized spacial score (nSPS) is 13.4. The molecule has 2 aromatic carbocycles. The molecule has 1 N–H and O–H groups in total. The third-order valence-electron chi connectivity index (χ3n) is 6.85. The topological polar surface area (TPSA) is 116 Å². The Morgan fingerprint density at radius 2 is 1.87 bits per heavy atom. The van der Waals surface area contributed by atoms with Gasteiger partial charge in [0.1, 0.15) is 11.1 Å². The molecule has 0 spiro atoms. The van der Waals surface area contributed by atoms with E-state index in [9.17, 15) is 23.6 Å². The molecule has 0 fully saturated rings. The van der Waals surface area contributed by atoms with Gasteiger partial charge < -0.3 is 5.11 Å². The van der Waals surface area contributed by atoms with Crippen molar-refractivity contribution in [1.29, 1.82) is 5.26 Å². The van der Waals surface area contributed by atoms with E-state index in [1.807, 2.05) is 0 Å². The monoisotopic (exact) mass is 546 g/mol. The Labute approximate surface area is 224 Å². The van der Waals surface area contributed by atoms with Crippen LogP contribution < -0.4 is 5.56 Å². The summed E-state index contributed by atoms with van der Waals surface area (Å²) in [5.41, 5.74) is 1.64. The Balaban J connectivity index is 1.70. The molecule has 0 amide bonds. The smallest absolute Gasteiger partial charge is 0.265 e. The Morgan fingerprint density at radius 3 is 2.58 bits per heavy atom. The van der Waals surface area contributed by atoms with Gasteiger partial charge in [-0.05, 0) is 49.1 Å². The van der Waals surface area contributed by atoms with E-state index in [0.29, 0.717) is 40.0 Å². The molecule has 0 atom stereocenters. The van der Waals surface area contributed by atoms with Crippen LogP contribution in [-0.2, 0) is 22.9 Å². The maximum atomic E-state index is 13.5. The second-order valence-electron chi connectivity index (χ2n) is 8.92. The zero-order valence-corrected chi connectivity index (χ0v) is 22.6. The number of nitriles is 1. The fourth-order valence-electron chi connectivity index (χ4n) is 4.94. The first-order valence-corrected chi connectivity index (χ1v) is 14.6. The standard InChI is InChI=1S/C28H26N4O4S2/c1-3-31(4-2)38(35,36)19-10-7-9-18(15-19)32-27(33)22-12-6-5-11-20(22)24(28(32)34)17-30-26-23(16-29)21-13-8-14-25(21)37-26/h5-7,9-12,15,17,34H,3-4,8,13-14H2,1-2H3/b30-17+.